The van der Waals surface area contributed by atoms with Crippen LogP contribution < -0.4 is 5.32 Å². The predicted molar refractivity (Wildman–Crippen MR) is 78.7 cm³/mol. The van der Waals surface area contributed by atoms with E-state index in [2.05, 4.69) is 10.4 Å². The molecule has 1 aromatic carbocycles. The van der Waals surface area contributed by atoms with Crippen LogP contribution in [0, 0.1) is 0 Å². The average molecular weight is 271 g/mol. The van der Waals surface area contributed by atoms with E-state index in [4.69, 9.17) is 0 Å². The standard InChI is InChI=1S/C16H21N3O/c20-16(9-4-5-10-16)13-17-12-14-8-11-19(18-14)15-6-2-1-3-7-15/h1-3,6-8,11,17,20H,4-5,9-10,12-13H2. The maximum atomic E-state index is 10.3. The Hall–Kier alpha value is -1.65. The molecule has 0 saturated heterocycles. The molecule has 0 aliphatic heterocycles. The Kier molecular flexibility index (Phi) is 3.85. The Morgan fingerprint density at radius 3 is 2.65 bits per heavy atom. The highest BCUT2D eigenvalue weighted by Crippen LogP contribution is 2.28. The van der Waals surface area contributed by atoms with Crippen molar-refractivity contribution in [2.45, 2.75) is 37.8 Å². The van der Waals surface area contributed by atoms with Crippen molar-refractivity contribution in [2.24, 2.45) is 0 Å². The van der Waals surface area contributed by atoms with Crippen LogP contribution in [0.15, 0.2) is 42.6 Å². The molecule has 4 nitrogen and oxygen atoms in total. The maximum Gasteiger partial charge on any atom is 0.0771 e. The highest BCUT2D eigenvalue weighted by molar-refractivity contribution is 5.30. The first-order valence-electron chi connectivity index (χ1n) is 7.28. The van der Waals surface area contributed by atoms with Crippen LogP contribution in [0.25, 0.3) is 5.69 Å². The van der Waals surface area contributed by atoms with Crippen LogP contribution in [0.5, 0.6) is 0 Å². The van der Waals surface area contributed by atoms with Gasteiger partial charge in [-0.1, -0.05) is 31.0 Å². The molecule has 0 amide bonds. The number of rotatable bonds is 5. The van der Waals surface area contributed by atoms with E-state index in [1.165, 1.54) is 0 Å². The highest BCUT2D eigenvalue weighted by Gasteiger charge is 2.30. The molecule has 2 N–H and O–H groups in total. The average Bonchev–Trinajstić information content (AvgIpc) is 3.10. The number of aliphatic hydroxyl groups is 1. The largest absolute Gasteiger partial charge is 0.389 e. The van der Waals surface area contributed by atoms with Gasteiger partial charge >= 0.3 is 0 Å². The molecule has 2 aromatic rings. The van der Waals surface area contributed by atoms with Gasteiger partial charge in [-0.15, -0.1) is 0 Å². The lowest BCUT2D eigenvalue weighted by Crippen LogP contribution is -2.37. The molecule has 1 aliphatic carbocycles. The molecule has 106 valence electrons. The van der Waals surface area contributed by atoms with E-state index in [1.807, 2.05) is 47.3 Å². The highest BCUT2D eigenvalue weighted by atomic mass is 16.3. The topological polar surface area (TPSA) is 50.1 Å². The minimum absolute atomic E-state index is 0.498. The number of hydrogen-bond donors (Lipinski definition) is 2. The van der Waals surface area contributed by atoms with Crippen molar-refractivity contribution in [3.63, 3.8) is 0 Å². The third-order valence-electron chi connectivity index (χ3n) is 3.96. The normalized spacial score (nSPS) is 17.4. The van der Waals surface area contributed by atoms with Crippen molar-refractivity contribution in [1.29, 1.82) is 0 Å². The summed E-state index contributed by atoms with van der Waals surface area (Å²) >= 11 is 0. The number of hydrogen-bond acceptors (Lipinski definition) is 3. The first-order chi connectivity index (χ1) is 9.75. The van der Waals surface area contributed by atoms with Crippen molar-refractivity contribution < 1.29 is 5.11 Å². The molecule has 1 heterocycles. The maximum absolute atomic E-state index is 10.3. The number of para-hydroxylation sites is 1. The fourth-order valence-corrected chi connectivity index (χ4v) is 2.81. The number of aromatic nitrogens is 2. The minimum Gasteiger partial charge on any atom is -0.389 e. The Morgan fingerprint density at radius 2 is 1.90 bits per heavy atom. The first-order valence-corrected chi connectivity index (χ1v) is 7.28. The van der Waals surface area contributed by atoms with E-state index < -0.39 is 5.60 Å². The van der Waals surface area contributed by atoms with Crippen LogP contribution in [-0.2, 0) is 6.54 Å². The number of nitrogens with one attached hydrogen (secondary N) is 1. The molecule has 0 spiro atoms. The number of nitrogens with zero attached hydrogens (tertiary/aromatic N) is 2. The zero-order valence-electron chi connectivity index (χ0n) is 11.6. The van der Waals surface area contributed by atoms with Crippen LogP contribution in [-0.4, -0.2) is 27.0 Å². The second-order valence-electron chi connectivity index (χ2n) is 5.62. The second kappa shape index (κ2) is 5.77. The quantitative estimate of drug-likeness (QED) is 0.877. The van der Waals surface area contributed by atoms with Gasteiger partial charge in [-0.25, -0.2) is 4.68 Å². The molecule has 0 unspecified atom stereocenters. The summed E-state index contributed by atoms with van der Waals surface area (Å²) in [6.45, 7) is 1.35. The van der Waals surface area contributed by atoms with Crippen LogP contribution >= 0.6 is 0 Å². The molecule has 1 saturated carbocycles. The van der Waals surface area contributed by atoms with Crippen LogP contribution in [0.2, 0.25) is 0 Å². The summed E-state index contributed by atoms with van der Waals surface area (Å²) in [5.74, 6) is 0. The van der Waals surface area contributed by atoms with Crippen LogP contribution in [0.3, 0.4) is 0 Å². The third-order valence-corrected chi connectivity index (χ3v) is 3.96. The minimum atomic E-state index is -0.498. The van der Waals surface area contributed by atoms with Gasteiger partial charge in [0.1, 0.15) is 0 Å². The number of benzene rings is 1. The summed E-state index contributed by atoms with van der Waals surface area (Å²) < 4.78 is 1.88. The molecule has 1 aliphatic rings. The van der Waals surface area contributed by atoms with Gasteiger partial charge < -0.3 is 10.4 Å². The Morgan fingerprint density at radius 1 is 1.15 bits per heavy atom. The molecule has 0 radical (unpaired) electrons. The van der Waals surface area contributed by atoms with Crippen molar-refractivity contribution in [2.75, 3.05) is 6.54 Å². The first kappa shape index (κ1) is 13.3. The molecule has 3 rings (SSSR count). The SMILES string of the molecule is OC1(CNCc2ccn(-c3ccccc3)n2)CCCC1. The lowest BCUT2D eigenvalue weighted by molar-refractivity contribution is 0.0474. The predicted octanol–water partition coefficient (Wildman–Crippen LogP) is 2.27. The second-order valence-corrected chi connectivity index (χ2v) is 5.62. The summed E-state index contributed by atoms with van der Waals surface area (Å²) in [5.41, 5.74) is 1.56. The third kappa shape index (κ3) is 3.08. The van der Waals surface area contributed by atoms with Gasteiger partial charge in [0.25, 0.3) is 0 Å². The van der Waals surface area contributed by atoms with Crippen molar-refractivity contribution in [3.05, 3.63) is 48.3 Å². The summed E-state index contributed by atoms with van der Waals surface area (Å²) in [6, 6.07) is 12.1. The molecule has 1 aromatic heterocycles. The van der Waals surface area contributed by atoms with Gasteiger partial charge in [-0.05, 0) is 31.0 Å². The van der Waals surface area contributed by atoms with E-state index in [0.29, 0.717) is 13.1 Å². The van der Waals surface area contributed by atoms with Crippen LogP contribution in [0.1, 0.15) is 31.4 Å². The molecule has 0 bridgehead atoms. The molecule has 0 atom stereocenters. The van der Waals surface area contributed by atoms with Crippen LogP contribution in [0.4, 0.5) is 0 Å². The molecular weight excluding hydrogens is 250 g/mol. The molecular formula is C16H21N3O. The Labute approximate surface area is 119 Å². The fourth-order valence-electron chi connectivity index (χ4n) is 2.81. The lowest BCUT2D eigenvalue weighted by atomic mass is 10.0. The van der Waals surface area contributed by atoms with Crippen molar-refractivity contribution in [1.82, 2.24) is 15.1 Å². The molecule has 4 heteroatoms. The van der Waals surface area contributed by atoms with E-state index in [1.54, 1.807) is 0 Å². The van der Waals surface area contributed by atoms with E-state index in [9.17, 15) is 5.11 Å². The van der Waals surface area contributed by atoms with Gasteiger partial charge in [0.15, 0.2) is 0 Å². The van der Waals surface area contributed by atoms with Crippen molar-refractivity contribution in [3.8, 4) is 5.69 Å². The smallest absolute Gasteiger partial charge is 0.0771 e. The van der Waals surface area contributed by atoms with Gasteiger partial charge in [0.2, 0.25) is 0 Å². The summed E-state index contributed by atoms with van der Waals surface area (Å²) in [6.07, 6.45) is 6.08. The molecule has 1 fully saturated rings. The fraction of sp³-hybridized carbons (Fsp3) is 0.438. The van der Waals surface area contributed by atoms with Gasteiger partial charge in [0.05, 0.1) is 17.0 Å². The van der Waals surface area contributed by atoms with Gasteiger partial charge in [-0.2, -0.15) is 5.10 Å². The Bertz CT molecular complexity index is 544. The zero-order valence-corrected chi connectivity index (χ0v) is 11.6. The Balaban J connectivity index is 1.55. The monoisotopic (exact) mass is 271 g/mol. The van der Waals surface area contributed by atoms with E-state index >= 15 is 0 Å². The summed E-state index contributed by atoms with van der Waals surface area (Å²) in [7, 11) is 0. The molecule has 20 heavy (non-hydrogen) atoms. The van der Waals surface area contributed by atoms with Gasteiger partial charge in [0, 0.05) is 19.3 Å². The van der Waals surface area contributed by atoms with E-state index in [0.717, 1.165) is 37.1 Å². The van der Waals surface area contributed by atoms with Gasteiger partial charge in [-0.3, -0.25) is 0 Å². The van der Waals surface area contributed by atoms with E-state index in [-0.39, 0.29) is 0 Å². The zero-order chi connectivity index (χ0) is 13.8. The summed E-state index contributed by atoms with van der Waals surface area (Å²) in [4.78, 5) is 0. The summed E-state index contributed by atoms with van der Waals surface area (Å²) in [5, 5.41) is 18.1. The van der Waals surface area contributed by atoms with Crippen molar-refractivity contribution >= 4 is 0 Å². The lowest BCUT2D eigenvalue weighted by Gasteiger charge is -2.22.